The van der Waals surface area contributed by atoms with Crippen LogP contribution in [0, 0.1) is 0 Å². The Balaban J connectivity index is 2.98. The zero-order valence-electron chi connectivity index (χ0n) is 11.4. The van der Waals surface area contributed by atoms with E-state index in [1.807, 2.05) is 0 Å². The van der Waals surface area contributed by atoms with Crippen LogP contribution >= 0.6 is 0 Å². The molecule has 0 saturated heterocycles. The Hall–Kier alpha value is -1.21. The molecule has 0 aromatic heterocycles. The molecule has 0 fully saturated rings. The van der Waals surface area contributed by atoms with Gasteiger partial charge in [-0.15, -0.1) is 0 Å². The highest BCUT2D eigenvalue weighted by Crippen LogP contribution is 2.15. The summed E-state index contributed by atoms with van der Waals surface area (Å²) in [6, 6.07) is 8.15. The van der Waals surface area contributed by atoms with Crippen molar-refractivity contribution in [3.05, 3.63) is 35.9 Å². The van der Waals surface area contributed by atoms with E-state index in [2.05, 4.69) is 0 Å². The molecule has 0 aliphatic rings. The van der Waals surface area contributed by atoms with E-state index in [0.717, 1.165) is 6.26 Å². The molecular formula is C13H18O5S2. The van der Waals surface area contributed by atoms with E-state index < -0.39 is 42.2 Å². The number of hydrogen-bond donors (Lipinski definition) is 0. The highest BCUT2D eigenvalue weighted by Gasteiger charge is 2.31. The summed E-state index contributed by atoms with van der Waals surface area (Å²) in [6.07, 6.45) is 1.10. The molecule has 0 bridgehead atoms. The molecule has 0 amide bonds. The van der Waals surface area contributed by atoms with Gasteiger partial charge in [0.1, 0.15) is 15.1 Å². The molecule has 1 aromatic rings. The maximum absolute atomic E-state index is 12.2. The maximum Gasteiger partial charge on any atom is 0.180 e. The van der Waals surface area contributed by atoms with Gasteiger partial charge in [-0.05, 0) is 6.42 Å². The lowest BCUT2D eigenvalue weighted by Gasteiger charge is -2.14. The first kappa shape index (κ1) is 16.8. The lowest BCUT2D eigenvalue weighted by atomic mass is 10.1. The van der Waals surface area contributed by atoms with Gasteiger partial charge < -0.3 is 0 Å². The maximum atomic E-state index is 12.2. The summed E-state index contributed by atoms with van der Waals surface area (Å²) in [7, 11) is -7.16. The Morgan fingerprint density at radius 3 is 2.05 bits per heavy atom. The van der Waals surface area contributed by atoms with Crippen LogP contribution in [-0.2, 0) is 19.7 Å². The third-order valence-electron chi connectivity index (χ3n) is 2.89. The minimum Gasteiger partial charge on any atom is -0.293 e. The quantitative estimate of drug-likeness (QED) is 0.703. The van der Waals surface area contributed by atoms with E-state index in [0.29, 0.717) is 5.56 Å². The number of Topliss-reactive ketones (excluding diaryl/α,β-unsaturated/α-hetero) is 1. The van der Waals surface area contributed by atoms with Gasteiger partial charge in [-0.1, -0.05) is 37.3 Å². The van der Waals surface area contributed by atoms with Gasteiger partial charge in [-0.3, -0.25) is 4.79 Å². The fraction of sp³-hybridized carbons (Fsp3) is 0.462. The SMILES string of the molecule is CCC(C(=O)c1ccccc1)S(=O)(=O)CCS(C)(=O)=O. The first-order chi connectivity index (χ1) is 9.17. The Morgan fingerprint density at radius 1 is 1.05 bits per heavy atom. The van der Waals surface area contributed by atoms with Crippen molar-refractivity contribution in [1.82, 2.24) is 0 Å². The summed E-state index contributed by atoms with van der Waals surface area (Å²) >= 11 is 0. The van der Waals surface area contributed by atoms with Crippen molar-refractivity contribution < 1.29 is 21.6 Å². The molecular weight excluding hydrogens is 300 g/mol. The standard InChI is InChI=1S/C13H18O5S2/c1-3-12(13(14)11-7-5-4-6-8-11)20(17,18)10-9-19(2,15)16/h4-8,12H,3,9-10H2,1-2H3. The van der Waals surface area contributed by atoms with Crippen molar-refractivity contribution >= 4 is 25.5 Å². The molecule has 0 heterocycles. The van der Waals surface area contributed by atoms with Gasteiger partial charge in [0.05, 0.1) is 11.5 Å². The third-order valence-corrected chi connectivity index (χ3v) is 6.29. The second-order valence-corrected chi connectivity index (χ2v) is 9.19. The normalized spacial score (nSPS) is 13.9. The number of hydrogen-bond acceptors (Lipinski definition) is 5. The van der Waals surface area contributed by atoms with E-state index in [-0.39, 0.29) is 6.42 Å². The summed E-state index contributed by atoms with van der Waals surface area (Å²) in [6.45, 7) is 1.60. The van der Waals surface area contributed by atoms with Crippen LogP contribution in [0.4, 0.5) is 0 Å². The monoisotopic (exact) mass is 318 g/mol. The van der Waals surface area contributed by atoms with Gasteiger partial charge in [0, 0.05) is 11.8 Å². The minimum atomic E-state index is -3.78. The Morgan fingerprint density at radius 2 is 1.60 bits per heavy atom. The smallest absolute Gasteiger partial charge is 0.180 e. The molecule has 1 unspecified atom stereocenters. The Kier molecular flexibility index (Phi) is 5.47. The van der Waals surface area contributed by atoms with Crippen LogP contribution in [0.2, 0.25) is 0 Å². The lowest BCUT2D eigenvalue weighted by molar-refractivity contribution is 0.0985. The van der Waals surface area contributed by atoms with Crippen molar-refractivity contribution in [3.8, 4) is 0 Å². The summed E-state index contributed by atoms with van der Waals surface area (Å²) in [4.78, 5) is 12.2. The average Bonchev–Trinajstić information content (AvgIpc) is 2.37. The lowest BCUT2D eigenvalue weighted by Crippen LogP contribution is -2.33. The highest BCUT2D eigenvalue weighted by atomic mass is 32.2. The first-order valence-electron chi connectivity index (χ1n) is 6.16. The molecule has 0 aliphatic heterocycles. The summed E-state index contributed by atoms with van der Waals surface area (Å²) in [5, 5.41) is -1.19. The molecule has 0 spiro atoms. The van der Waals surface area contributed by atoms with Gasteiger partial charge >= 0.3 is 0 Å². The van der Waals surface area contributed by atoms with Gasteiger partial charge in [-0.2, -0.15) is 0 Å². The van der Waals surface area contributed by atoms with Crippen molar-refractivity contribution in [2.75, 3.05) is 17.8 Å². The number of carbonyl (C=O) groups is 1. The second kappa shape index (κ2) is 6.49. The van der Waals surface area contributed by atoms with Crippen LogP contribution in [0.15, 0.2) is 30.3 Å². The number of ketones is 1. The van der Waals surface area contributed by atoms with Gasteiger partial charge in [0.25, 0.3) is 0 Å². The zero-order chi connectivity index (χ0) is 15.4. The van der Waals surface area contributed by atoms with Crippen LogP contribution in [0.3, 0.4) is 0 Å². The van der Waals surface area contributed by atoms with E-state index in [1.165, 1.54) is 0 Å². The van der Waals surface area contributed by atoms with Crippen molar-refractivity contribution in [3.63, 3.8) is 0 Å². The van der Waals surface area contributed by atoms with Crippen molar-refractivity contribution in [2.45, 2.75) is 18.6 Å². The molecule has 20 heavy (non-hydrogen) atoms. The molecule has 0 aliphatic carbocycles. The van der Waals surface area contributed by atoms with Crippen molar-refractivity contribution in [2.24, 2.45) is 0 Å². The van der Waals surface area contributed by atoms with Gasteiger partial charge in [0.15, 0.2) is 15.6 Å². The van der Waals surface area contributed by atoms with E-state index in [4.69, 9.17) is 0 Å². The predicted octanol–water partition coefficient (Wildman–Crippen LogP) is 1.11. The van der Waals surface area contributed by atoms with Crippen LogP contribution in [-0.4, -0.2) is 45.6 Å². The molecule has 1 rings (SSSR count). The molecule has 1 aromatic carbocycles. The number of carbonyl (C=O) groups excluding carboxylic acids is 1. The minimum absolute atomic E-state index is 0.125. The zero-order valence-corrected chi connectivity index (χ0v) is 13.1. The fourth-order valence-corrected chi connectivity index (χ4v) is 5.20. The fourth-order valence-electron chi connectivity index (χ4n) is 1.80. The van der Waals surface area contributed by atoms with Crippen LogP contribution in [0.1, 0.15) is 23.7 Å². The second-order valence-electron chi connectivity index (χ2n) is 4.62. The first-order valence-corrected chi connectivity index (χ1v) is 9.93. The topological polar surface area (TPSA) is 85.3 Å². The molecule has 112 valence electrons. The van der Waals surface area contributed by atoms with Crippen molar-refractivity contribution in [1.29, 1.82) is 0 Å². The largest absolute Gasteiger partial charge is 0.293 e. The molecule has 5 nitrogen and oxygen atoms in total. The predicted molar refractivity (Wildman–Crippen MR) is 78.3 cm³/mol. The Bertz CT molecular complexity index is 660. The van der Waals surface area contributed by atoms with E-state index in [9.17, 15) is 21.6 Å². The Labute approximate surface area is 119 Å². The molecule has 0 radical (unpaired) electrons. The highest BCUT2D eigenvalue weighted by molar-refractivity contribution is 7.95. The van der Waals surface area contributed by atoms with E-state index >= 15 is 0 Å². The molecule has 7 heteroatoms. The summed E-state index contributed by atoms with van der Waals surface area (Å²) in [5.74, 6) is -1.47. The van der Waals surface area contributed by atoms with Gasteiger partial charge in [0.2, 0.25) is 0 Å². The average molecular weight is 318 g/mol. The van der Waals surface area contributed by atoms with Crippen LogP contribution < -0.4 is 0 Å². The van der Waals surface area contributed by atoms with Crippen LogP contribution in [0.25, 0.3) is 0 Å². The molecule has 0 saturated carbocycles. The molecule has 1 atom stereocenters. The summed E-state index contributed by atoms with van der Waals surface area (Å²) < 4.78 is 46.4. The third kappa shape index (κ3) is 4.72. The number of rotatable bonds is 7. The van der Waals surface area contributed by atoms with Crippen LogP contribution in [0.5, 0.6) is 0 Å². The number of benzene rings is 1. The van der Waals surface area contributed by atoms with Gasteiger partial charge in [-0.25, -0.2) is 16.8 Å². The summed E-state index contributed by atoms with van der Waals surface area (Å²) in [5.41, 5.74) is 0.322. The number of sulfone groups is 2. The van der Waals surface area contributed by atoms with E-state index in [1.54, 1.807) is 37.3 Å². The molecule has 0 N–H and O–H groups in total.